The Bertz CT molecular complexity index is 553. The minimum absolute atomic E-state index is 0.0169. The van der Waals surface area contributed by atoms with E-state index in [1.54, 1.807) is 4.57 Å². The number of benzene rings is 1. The van der Waals surface area contributed by atoms with Crippen molar-refractivity contribution < 1.29 is 9.18 Å². The monoisotopic (exact) mass is 310 g/mol. The van der Waals surface area contributed by atoms with Crippen LogP contribution in [0.2, 0.25) is 0 Å². The Kier molecular flexibility index (Phi) is 3.91. The SMILES string of the molecule is C[C@H](c1ccccc1)n1cnc(F)c1C(=O)CBr. The normalized spacial score (nSPS) is 12.4. The molecule has 0 saturated carbocycles. The topological polar surface area (TPSA) is 34.9 Å². The number of carbonyl (C=O) groups excluding carboxylic acids is 1. The molecule has 1 aromatic carbocycles. The lowest BCUT2D eigenvalue weighted by Crippen LogP contribution is -2.15. The second kappa shape index (κ2) is 5.44. The second-order valence-electron chi connectivity index (χ2n) is 3.93. The van der Waals surface area contributed by atoms with Gasteiger partial charge in [0.05, 0.1) is 17.7 Å². The number of hydrogen-bond donors (Lipinski definition) is 0. The molecule has 0 aliphatic rings. The van der Waals surface area contributed by atoms with Crippen molar-refractivity contribution >= 4 is 21.7 Å². The summed E-state index contributed by atoms with van der Waals surface area (Å²) < 4.78 is 15.1. The lowest BCUT2D eigenvalue weighted by atomic mass is 10.1. The van der Waals surface area contributed by atoms with Crippen LogP contribution in [0.1, 0.15) is 29.0 Å². The molecule has 0 bridgehead atoms. The number of imidazole rings is 1. The van der Waals surface area contributed by atoms with Crippen molar-refractivity contribution in [2.75, 3.05) is 5.33 Å². The molecule has 3 nitrogen and oxygen atoms in total. The molecule has 0 saturated heterocycles. The lowest BCUT2D eigenvalue weighted by Gasteiger charge is -2.15. The molecule has 1 atom stereocenters. The predicted molar refractivity (Wildman–Crippen MR) is 70.6 cm³/mol. The number of alkyl halides is 1. The summed E-state index contributed by atoms with van der Waals surface area (Å²) in [7, 11) is 0. The first-order chi connectivity index (χ1) is 8.65. The van der Waals surface area contributed by atoms with Crippen LogP contribution in [0.25, 0.3) is 0 Å². The summed E-state index contributed by atoms with van der Waals surface area (Å²) in [5.74, 6) is -1.03. The molecule has 18 heavy (non-hydrogen) atoms. The highest BCUT2D eigenvalue weighted by atomic mass is 79.9. The molecule has 0 fully saturated rings. The van der Waals surface area contributed by atoms with Crippen LogP contribution >= 0.6 is 15.9 Å². The molecule has 0 N–H and O–H groups in total. The molecule has 2 rings (SSSR count). The van der Waals surface area contributed by atoms with Crippen molar-refractivity contribution in [3.8, 4) is 0 Å². The van der Waals surface area contributed by atoms with Crippen LogP contribution in [0.15, 0.2) is 36.7 Å². The van der Waals surface area contributed by atoms with Gasteiger partial charge in [0.25, 0.3) is 0 Å². The number of ketones is 1. The third kappa shape index (κ3) is 2.36. The zero-order chi connectivity index (χ0) is 13.1. The Labute approximate surface area is 113 Å². The average molecular weight is 311 g/mol. The van der Waals surface area contributed by atoms with Gasteiger partial charge in [-0.15, -0.1) is 0 Å². The highest BCUT2D eigenvalue weighted by Crippen LogP contribution is 2.21. The van der Waals surface area contributed by atoms with Gasteiger partial charge in [0.2, 0.25) is 5.95 Å². The van der Waals surface area contributed by atoms with Gasteiger partial charge in [-0.2, -0.15) is 4.39 Å². The van der Waals surface area contributed by atoms with Crippen LogP contribution in [0.5, 0.6) is 0 Å². The van der Waals surface area contributed by atoms with E-state index < -0.39 is 5.95 Å². The van der Waals surface area contributed by atoms with Crippen LogP contribution in [0.4, 0.5) is 4.39 Å². The first-order valence-corrected chi connectivity index (χ1v) is 6.63. The van der Waals surface area contributed by atoms with Crippen molar-refractivity contribution in [3.05, 3.63) is 53.9 Å². The summed E-state index contributed by atoms with van der Waals surface area (Å²) >= 11 is 3.05. The first-order valence-electron chi connectivity index (χ1n) is 5.51. The number of hydrogen-bond acceptors (Lipinski definition) is 2. The fourth-order valence-electron chi connectivity index (χ4n) is 1.85. The third-order valence-electron chi connectivity index (χ3n) is 2.83. The molecule has 1 heterocycles. The Morgan fingerprint density at radius 1 is 1.44 bits per heavy atom. The first kappa shape index (κ1) is 13.0. The van der Waals surface area contributed by atoms with E-state index in [2.05, 4.69) is 20.9 Å². The molecule has 0 unspecified atom stereocenters. The number of rotatable bonds is 4. The predicted octanol–water partition coefficient (Wildman–Crippen LogP) is 3.21. The smallest absolute Gasteiger partial charge is 0.241 e. The van der Waals surface area contributed by atoms with Crippen molar-refractivity contribution in [3.63, 3.8) is 0 Å². The van der Waals surface area contributed by atoms with Gasteiger partial charge in [-0.1, -0.05) is 46.3 Å². The van der Waals surface area contributed by atoms with E-state index in [0.717, 1.165) is 5.56 Å². The quantitative estimate of drug-likeness (QED) is 0.642. The summed E-state index contributed by atoms with van der Waals surface area (Å²) in [5, 5.41) is 0.0805. The maximum absolute atomic E-state index is 13.5. The van der Waals surface area contributed by atoms with Gasteiger partial charge >= 0.3 is 0 Å². The zero-order valence-corrected chi connectivity index (χ0v) is 11.4. The van der Waals surface area contributed by atoms with E-state index >= 15 is 0 Å². The minimum atomic E-state index is -0.720. The average Bonchev–Trinajstić information content (AvgIpc) is 2.80. The number of aromatic nitrogens is 2. The standard InChI is InChI=1S/C13H12BrFN2O/c1-9(10-5-3-2-4-6-10)17-8-16-13(15)12(17)11(18)7-14/h2-6,8-9H,7H2,1H3/t9-/m1/s1. The summed E-state index contributed by atoms with van der Waals surface area (Å²) in [6, 6.07) is 9.46. The number of nitrogens with zero attached hydrogens (tertiary/aromatic N) is 2. The molecular formula is C13H12BrFN2O. The number of halogens is 2. The summed E-state index contributed by atoms with van der Waals surface area (Å²) in [6.45, 7) is 1.90. The maximum atomic E-state index is 13.5. The Balaban J connectivity index is 2.43. The molecule has 1 aromatic heterocycles. The fourth-order valence-corrected chi connectivity index (χ4v) is 2.11. The number of carbonyl (C=O) groups is 1. The Morgan fingerprint density at radius 3 is 2.72 bits per heavy atom. The molecule has 2 aromatic rings. The fraction of sp³-hybridized carbons (Fsp3) is 0.231. The molecule has 0 spiro atoms. The van der Waals surface area contributed by atoms with E-state index in [-0.39, 0.29) is 22.8 Å². The molecule has 94 valence electrons. The Morgan fingerprint density at radius 2 is 2.11 bits per heavy atom. The van der Waals surface area contributed by atoms with Gasteiger partial charge in [-0.3, -0.25) is 4.79 Å². The van der Waals surface area contributed by atoms with E-state index in [1.165, 1.54) is 6.33 Å². The van der Waals surface area contributed by atoms with Crippen molar-refractivity contribution in [1.29, 1.82) is 0 Å². The zero-order valence-electron chi connectivity index (χ0n) is 9.81. The molecule has 0 aliphatic heterocycles. The number of Topliss-reactive ketones (excluding diaryl/α,β-unsaturated/α-hetero) is 1. The van der Waals surface area contributed by atoms with E-state index in [1.807, 2.05) is 37.3 Å². The Hall–Kier alpha value is -1.49. The van der Waals surface area contributed by atoms with Crippen molar-refractivity contribution in [2.45, 2.75) is 13.0 Å². The molecule has 0 aliphatic carbocycles. The van der Waals surface area contributed by atoms with E-state index in [9.17, 15) is 9.18 Å². The van der Waals surface area contributed by atoms with Crippen molar-refractivity contribution in [1.82, 2.24) is 9.55 Å². The van der Waals surface area contributed by atoms with Gasteiger partial charge in [0.1, 0.15) is 5.69 Å². The van der Waals surface area contributed by atoms with Gasteiger partial charge in [-0.05, 0) is 12.5 Å². The van der Waals surface area contributed by atoms with Gasteiger partial charge < -0.3 is 4.57 Å². The maximum Gasteiger partial charge on any atom is 0.241 e. The summed E-state index contributed by atoms with van der Waals surface area (Å²) in [5.41, 5.74) is 1.02. The second-order valence-corrected chi connectivity index (χ2v) is 4.50. The molecule has 0 amide bonds. The van der Waals surface area contributed by atoms with Crippen molar-refractivity contribution in [2.24, 2.45) is 0 Å². The van der Waals surface area contributed by atoms with Crippen LogP contribution < -0.4 is 0 Å². The van der Waals surface area contributed by atoms with E-state index in [4.69, 9.17) is 0 Å². The third-order valence-corrected chi connectivity index (χ3v) is 3.34. The molecule has 5 heteroatoms. The van der Waals surface area contributed by atoms with Gasteiger partial charge in [0, 0.05) is 0 Å². The molecular weight excluding hydrogens is 299 g/mol. The van der Waals surface area contributed by atoms with Gasteiger partial charge in [0.15, 0.2) is 5.78 Å². The summed E-state index contributed by atoms with van der Waals surface area (Å²) in [4.78, 5) is 15.3. The summed E-state index contributed by atoms with van der Waals surface area (Å²) in [6.07, 6.45) is 1.36. The lowest BCUT2D eigenvalue weighted by molar-refractivity contribution is 0.101. The minimum Gasteiger partial charge on any atom is -0.318 e. The molecule has 0 radical (unpaired) electrons. The van der Waals surface area contributed by atoms with Crippen LogP contribution in [-0.2, 0) is 0 Å². The van der Waals surface area contributed by atoms with Gasteiger partial charge in [-0.25, -0.2) is 4.98 Å². The largest absolute Gasteiger partial charge is 0.318 e. The highest BCUT2D eigenvalue weighted by molar-refractivity contribution is 9.09. The van der Waals surface area contributed by atoms with Crippen LogP contribution in [0.3, 0.4) is 0 Å². The van der Waals surface area contributed by atoms with E-state index in [0.29, 0.717) is 0 Å². The van der Waals surface area contributed by atoms with Crippen LogP contribution in [-0.4, -0.2) is 20.7 Å². The highest BCUT2D eigenvalue weighted by Gasteiger charge is 2.21. The van der Waals surface area contributed by atoms with Crippen LogP contribution in [0, 0.1) is 5.95 Å².